The smallest absolute Gasteiger partial charge is 0.226 e. The summed E-state index contributed by atoms with van der Waals surface area (Å²) >= 11 is 0. The standard InChI is InChI=1S/C22H27N7O.HI/c1-2-23-22(25-16-20-27-26-19-7-3-5-14-29(19)20)24-15-17-9-11-18(12-10-17)28-13-6-4-8-21(28)30;/h3,5,7,9-12,14H,2,4,6,8,13,15-16H2,1H3,(H2,23,24,25);1H. The van der Waals surface area contributed by atoms with Gasteiger partial charge in [0.1, 0.15) is 0 Å². The molecule has 0 bridgehead atoms. The average Bonchev–Trinajstić information content (AvgIpc) is 3.20. The van der Waals surface area contributed by atoms with E-state index < -0.39 is 0 Å². The molecule has 3 aromatic rings. The number of carbonyl (C=O) groups excluding carboxylic acids is 1. The largest absolute Gasteiger partial charge is 0.357 e. The molecule has 9 heteroatoms. The topological polar surface area (TPSA) is 86.9 Å². The van der Waals surface area contributed by atoms with Crippen LogP contribution in [0.25, 0.3) is 5.65 Å². The molecule has 3 heterocycles. The second-order valence-corrected chi connectivity index (χ2v) is 7.26. The third-order valence-electron chi connectivity index (χ3n) is 5.13. The van der Waals surface area contributed by atoms with Crippen LogP contribution in [-0.4, -0.2) is 39.6 Å². The second kappa shape index (κ2) is 11.1. The molecule has 8 nitrogen and oxygen atoms in total. The zero-order valence-electron chi connectivity index (χ0n) is 17.6. The summed E-state index contributed by atoms with van der Waals surface area (Å²) in [7, 11) is 0. The number of amides is 1. The average molecular weight is 533 g/mol. The molecule has 1 aromatic carbocycles. The molecule has 1 fully saturated rings. The minimum absolute atomic E-state index is 0. The molecule has 0 spiro atoms. The number of benzene rings is 1. The van der Waals surface area contributed by atoms with Crippen LogP contribution in [0.15, 0.2) is 53.7 Å². The maximum atomic E-state index is 12.1. The van der Waals surface area contributed by atoms with Gasteiger partial charge in [0.25, 0.3) is 0 Å². The van der Waals surface area contributed by atoms with Gasteiger partial charge in [-0.15, -0.1) is 34.2 Å². The van der Waals surface area contributed by atoms with Crippen molar-refractivity contribution in [1.29, 1.82) is 0 Å². The summed E-state index contributed by atoms with van der Waals surface area (Å²) in [4.78, 5) is 18.7. The molecule has 0 saturated carbocycles. The molecule has 4 rings (SSSR count). The lowest BCUT2D eigenvalue weighted by molar-refractivity contribution is -0.119. The van der Waals surface area contributed by atoms with Crippen molar-refractivity contribution in [3.8, 4) is 0 Å². The number of anilines is 1. The number of aromatic nitrogens is 3. The van der Waals surface area contributed by atoms with E-state index >= 15 is 0 Å². The Morgan fingerprint density at radius 3 is 2.71 bits per heavy atom. The van der Waals surface area contributed by atoms with Crippen molar-refractivity contribution in [2.24, 2.45) is 4.99 Å². The number of hydrogen-bond donors (Lipinski definition) is 2. The van der Waals surface area contributed by atoms with Gasteiger partial charge in [0, 0.05) is 31.4 Å². The lowest BCUT2D eigenvalue weighted by Crippen LogP contribution is -2.37. The number of guanidine groups is 1. The maximum absolute atomic E-state index is 12.1. The zero-order valence-corrected chi connectivity index (χ0v) is 20.0. The Morgan fingerprint density at radius 2 is 1.94 bits per heavy atom. The third-order valence-corrected chi connectivity index (χ3v) is 5.13. The van der Waals surface area contributed by atoms with E-state index in [0.29, 0.717) is 19.5 Å². The molecule has 0 radical (unpaired) electrons. The van der Waals surface area contributed by atoms with Crippen LogP contribution in [0.1, 0.15) is 37.6 Å². The summed E-state index contributed by atoms with van der Waals surface area (Å²) in [6.45, 7) is 4.68. The Morgan fingerprint density at radius 1 is 1.10 bits per heavy atom. The van der Waals surface area contributed by atoms with Gasteiger partial charge in [0.15, 0.2) is 17.4 Å². The Balaban J connectivity index is 0.00000272. The molecule has 1 aliphatic rings. The number of nitrogens with one attached hydrogen (secondary N) is 2. The highest BCUT2D eigenvalue weighted by atomic mass is 127. The summed E-state index contributed by atoms with van der Waals surface area (Å²) in [5.74, 6) is 1.76. The van der Waals surface area contributed by atoms with E-state index in [2.05, 4.69) is 25.8 Å². The van der Waals surface area contributed by atoms with Gasteiger partial charge in [-0.05, 0) is 49.6 Å². The monoisotopic (exact) mass is 533 g/mol. The number of pyridine rings is 1. The molecule has 2 aromatic heterocycles. The number of halogens is 1. The van der Waals surface area contributed by atoms with Gasteiger partial charge in [0.2, 0.25) is 5.91 Å². The minimum atomic E-state index is 0. The van der Waals surface area contributed by atoms with Gasteiger partial charge in [-0.1, -0.05) is 18.2 Å². The van der Waals surface area contributed by atoms with Crippen LogP contribution in [0.2, 0.25) is 0 Å². The van der Waals surface area contributed by atoms with Gasteiger partial charge < -0.3 is 15.5 Å². The highest BCUT2D eigenvalue weighted by Gasteiger charge is 2.19. The van der Waals surface area contributed by atoms with Crippen molar-refractivity contribution in [2.75, 3.05) is 18.0 Å². The first-order valence-electron chi connectivity index (χ1n) is 10.4. The second-order valence-electron chi connectivity index (χ2n) is 7.26. The fourth-order valence-electron chi connectivity index (χ4n) is 3.55. The van der Waals surface area contributed by atoms with Crippen molar-refractivity contribution in [1.82, 2.24) is 25.2 Å². The molecule has 0 unspecified atom stereocenters. The van der Waals surface area contributed by atoms with Crippen LogP contribution in [0.4, 0.5) is 5.69 Å². The number of fused-ring (bicyclic) bond motifs is 1. The van der Waals surface area contributed by atoms with Crippen LogP contribution in [0.5, 0.6) is 0 Å². The Hall–Kier alpha value is -2.69. The van der Waals surface area contributed by atoms with Gasteiger partial charge >= 0.3 is 0 Å². The van der Waals surface area contributed by atoms with Crippen molar-refractivity contribution >= 4 is 47.2 Å². The Labute approximate surface area is 199 Å². The maximum Gasteiger partial charge on any atom is 0.226 e. The first-order chi connectivity index (χ1) is 14.7. The normalized spacial score (nSPS) is 14.4. The van der Waals surface area contributed by atoms with Gasteiger partial charge in [-0.3, -0.25) is 9.20 Å². The summed E-state index contributed by atoms with van der Waals surface area (Å²) in [5.41, 5.74) is 2.88. The molecule has 164 valence electrons. The minimum Gasteiger partial charge on any atom is -0.357 e. The zero-order chi connectivity index (χ0) is 20.8. The Bertz CT molecular complexity index is 1030. The molecule has 1 aliphatic heterocycles. The lowest BCUT2D eigenvalue weighted by atomic mass is 10.1. The first kappa shape index (κ1) is 23.0. The summed E-state index contributed by atoms with van der Waals surface area (Å²) < 4.78 is 1.96. The molecule has 1 saturated heterocycles. The van der Waals surface area contributed by atoms with Crippen LogP contribution in [0.3, 0.4) is 0 Å². The quantitative estimate of drug-likeness (QED) is 0.289. The van der Waals surface area contributed by atoms with Crippen LogP contribution < -0.4 is 15.5 Å². The molecule has 31 heavy (non-hydrogen) atoms. The van der Waals surface area contributed by atoms with E-state index in [1.54, 1.807) is 0 Å². The molecule has 1 amide bonds. The Kier molecular flexibility index (Phi) is 8.21. The van der Waals surface area contributed by atoms with E-state index in [-0.39, 0.29) is 29.9 Å². The highest BCUT2D eigenvalue weighted by Crippen LogP contribution is 2.21. The van der Waals surface area contributed by atoms with Crippen LogP contribution >= 0.6 is 24.0 Å². The van der Waals surface area contributed by atoms with Crippen LogP contribution in [-0.2, 0) is 17.9 Å². The first-order valence-corrected chi connectivity index (χ1v) is 10.4. The van der Waals surface area contributed by atoms with E-state index in [4.69, 9.17) is 0 Å². The van der Waals surface area contributed by atoms with Gasteiger partial charge in [-0.25, -0.2) is 4.99 Å². The predicted octanol–water partition coefficient (Wildman–Crippen LogP) is 3.12. The fourth-order valence-corrected chi connectivity index (χ4v) is 3.55. The van der Waals surface area contributed by atoms with Crippen molar-refractivity contribution < 1.29 is 4.79 Å². The van der Waals surface area contributed by atoms with Gasteiger partial charge in [0.05, 0.1) is 13.1 Å². The molecule has 0 atom stereocenters. The summed E-state index contributed by atoms with van der Waals surface area (Å²) in [6, 6.07) is 13.9. The number of nitrogens with zero attached hydrogens (tertiary/aromatic N) is 5. The SMILES string of the molecule is CCNC(=NCc1ccc(N2CCCCC2=O)cc1)NCc1nnc2ccccn12.I. The number of rotatable bonds is 6. The lowest BCUT2D eigenvalue weighted by Gasteiger charge is -2.26. The highest BCUT2D eigenvalue weighted by molar-refractivity contribution is 14.0. The number of carbonyl (C=O) groups is 1. The van der Waals surface area contributed by atoms with Crippen LogP contribution in [0, 0.1) is 0 Å². The number of hydrogen-bond acceptors (Lipinski definition) is 4. The van der Waals surface area contributed by atoms with Gasteiger partial charge in [-0.2, -0.15) is 0 Å². The van der Waals surface area contributed by atoms with Crippen molar-refractivity contribution in [3.05, 3.63) is 60.0 Å². The third kappa shape index (κ3) is 5.72. The van der Waals surface area contributed by atoms with E-state index in [0.717, 1.165) is 54.6 Å². The summed E-state index contributed by atoms with van der Waals surface area (Å²) in [5, 5.41) is 15.0. The summed E-state index contributed by atoms with van der Waals surface area (Å²) in [6.07, 6.45) is 4.65. The van der Waals surface area contributed by atoms with Crippen molar-refractivity contribution in [2.45, 2.75) is 39.3 Å². The molecular formula is C22H28IN7O. The fraction of sp³-hybridized carbons (Fsp3) is 0.364. The predicted molar refractivity (Wildman–Crippen MR) is 133 cm³/mol. The van der Waals surface area contributed by atoms with E-state index in [9.17, 15) is 4.79 Å². The number of aliphatic imine (C=N–C) groups is 1. The molecule has 0 aliphatic carbocycles. The van der Waals surface area contributed by atoms with Crippen molar-refractivity contribution in [3.63, 3.8) is 0 Å². The molecular weight excluding hydrogens is 505 g/mol. The number of piperidine rings is 1. The molecule has 2 N–H and O–H groups in total. The van der Waals surface area contributed by atoms with E-state index in [1.165, 1.54) is 0 Å². The van der Waals surface area contributed by atoms with E-state index in [1.807, 2.05) is 64.9 Å².